The molecule has 0 atom stereocenters. The van der Waals surface area contributed by atoms with E-state index in [1.807, 2.05) is 24.3 Å². The first-order chi connectivity index (χ1) is 10.1. The van der Waals surface area contributed by atoms with Crippen LogP contribution in [0.1, 0.15) is 36.8 Å². The first kappa shape index (κ1) is 13.4. The lowest BCUT2D eigenvalue weighted by Crippen LogP contribution is -2.03. The van der Waals surface area contributed by atoms with E-state index in [0.717, 1.165) is 28.5 Å². The van der Waals surface area contributed by atoms with Crippen molar-refractivity contribution < 1.29 is 9.53 Å². The lowest BCUT2D eigenvalue weighted by molar-refractivity contribution is -0.110. The van der Waals surface area contributed by atoms with Crippen molar-refractivity contribution in [2.45, 2.75) is 19.8 Å². The number of fused-ring (bicyclic) bond motifs is 1. The maximum atomic E-state index is 12.1. The molecule has 2 aromatic rings. The molecular weight excluding hydrogens is 266 g/mol. The van der Waals surface area contributed by atoms with Crippen molar-refractivity contribution in [1.29, 1.82) is 0 Å². The number of nitrogens with zero attached hydrogens (tertiary/aromatic N) is 1. The Morgan fingerprint density at radius 2 is 2.14 bits per heavy atom. The number of hydrogen-bond acceptors (Lipinski definition) is 3. The minimum atomic E-state index is -0.112. The Morgan fingerprint density at radius 1 is 1.33 bits per heavy atom. The average Bonchev–Trinajstić information content (AvgIpc) is 3.05. The van der Waals surface area contributed by atoms with Gasteiger partial charge in [-0.2, -0.15) is 0 Å². The van der Waals surface area contributed by atoms with Crippen LogP contribution in [0.3, 0.4) is 0 Å². The number of ether oxygens (including phenoxy) is 1. The third-order valence-electron chi connectivity index (χ3n) is 3.47. The number of H-pyrrole nitrogens is 1. The van der Waals surface area contributed by atoms with Crippen molar-refractivity contribution in [2.24, 2.45) is 0 Å². The summed E-state index contributed by atoms with van der Waals surface area (Å²) in [7, 11) is 1.61. The van der Waals surface area contributed by atoms with E-state index in [2.05, 4.69) is 29.1 Å². The smallest absolute Gasteiger partial charge is 0.256 e. The van der Waals surface area contributed by atoms with Gasteiger partial charge in [0.05, 0.1) is 24.6 Å². The number of amides is 1. The molecule has 0 spiro atoms. The first-order valence-corrected chi connectivity index (χ1v) is 6.85. The van der Waals surface area contributed by atoms with Crippen LogP contribution in [0.4, 0.5) is 5.69 Å². The van der Waals surface area contributed by atoms with Crippen molar-refractivity contribution >= 4 is 23.2 Å². The van der Waals surface area contributed by atoms with Crippen LogP contribution in [-0.2, 0) is 4.79 Å². The quantitative estimate of drug-likeness (QED) is 0.851. The predicted molar refractivity (Wildman–Crippen MR) is 82.2 cm³/mol. The fourth-order valence-electron chi connectivity index (χ4n) is 2.31. The lowest BCUT2D eigenvalue weighted by Gasteiger charge is -2.02. The number of aromatic amines is 1. The fraction of sp³-hybridized carbons (Fsp3) is 0.250. The normalized spacial score (nSPS) is 15.4. The topological polar surface area (TPSA) is 67.0 Å². The Labute approximate surface area is 123 Å². The SMILES string of the molecule is COc1ccc2c(c1)/C(=C/c1cnc(C(C)C)[nH]1)C(=O)N2. The number of hydrogen-bond donors (Lipinski definition) is 2. The van der Waals surface area contributed by atoms with Gasteiger partial charge in [-0.05, 0) is 24.3 Å². The third-order valence-corrected chi connectivity index (χ3v) is 3.47. The van der Waals surface area contributed by atoms with Crippen molar-refractivity contribution in [3.05, 3.63) is 41.5 Å². The van der Waals surface area contributed by atoms with E-state index in [-0.39, 0.29) is 5.91 Å². The van der Waals surface area contributed by atoms with Gasteiger partial charge in [0, 0.05) is 17.2 Å². The second-order valence-corrected chi connectivity index (χ2v) is 5.30. The van der Waals surface area contributed by atoms with Gasteiger partial charge >= 0.3 is 0 Å². The number of anilines is 1. The van der Waals surface area contributed by atoms with Crippen LogP contribution >= 0.6 is 0 Å². The molecule has 1 aromatic carbocycles. The summed E-state index contributed by atoms with van der Waals surface area (Å²) in [4.78, 5) is 19.7. The molecule has 5 nitrogen and oxygen atoms in total. The molecule has 0 aliphatic carbocycles. The van der Waals surface area contributed by atoms with E-state index in [1.54, 1.807) is 13.3 Å². The largest absolute Gasteiger partial charge is 0.497 e. The molecule has 0 bridgehead atoms. The van der Waals surface area contributed by atoms with E-state index in [0.29, 0.717) is 11.5 Å². The first-order valence-electron chi connectivity index (χ1n) is 6.85. The van der Waals surface area contributed by atoms with Gasteiger partial charge in [-0.15, -0.1) is 0 Å². The predicted octanol–water partition coefficient (Wildman–Crippen LogP) is 3.03. The van der Waals surface area contributed by atoms with Crippen molar-refractivity contribution in [3.8, 4) is 5.75 Å². The highest BCUT2D eigenvalue weighted by atomic mass is 16.5. The van der Waals surface area contributed by atoms with Crippen LogP contribution in [0.15, 0.2) is 24.4 Å². The van der Waals surface area contributed by atoms with Gasteiger partial charge < -0.3 is 15.0 Å². The highest BCUT2D eigenvalue weighted by molar-refractivity contribution is 6.34. The second-order valence-electron chi connectivity index (χ2n) is 5.30. The number of benzene rings is 1. The summed E-state index contributed by atoms with van der Waals surface area (Å²) in [6, 6.07) is 5.54. The number of carbonyl (C=O) groups excluding carboxylic acids is 1. The molecule has 0 saturated heterocycles. The van der Waals surface area contributed by atoms with Gasteiger partial charge in [0.25, 0.3) is 5.91 Å². The van der Waals surface area contributed by atoms with Crippen LogP contribution in [0.25, 0.3) is 11.6 Å². The molecule has 0 unspecified atom stereocenters. The molecule has 1 aromatic heterocycles. The van der Waals surface area contributed by atoms with Crippen molar-refractivity contribution in [3.63, 3.8) is 0 Å². The van der Waals surface area contributed by atoms with Crippen LogP contribution in [0.5, 0.6) is 5.75 Å². The third kappa shape index (κ3) is 2.42. The number of carbonyl (C=O) groups is 1. The zero-order valence-corrected chi connectivity index (χ0v) is 12.2. The maximum absolute atomic E-state index is 12.1. The van der Waals surface area contributed by atoms with Crippen LogP contribution in [0.2, 0.25) is 0 Å². The molecule has 1 amide bonds. The summed E-state index contributed by atoms with van der Waals surface area (Å²) in [6.07, 6.45) is 3.56. The highest BCUT2D eigenvalue weighted by Crippen LogP contribution is 2.35. The molecule has 0 radical (unpaired) electrons. The Morgan fingerprint density at radius 3 is 2.81 bits per heavy atom. The van der Waals surface area contributed by atoms with E-state index in [1.165, 1.54) is 0 Å². The molecule has 2 heterocycles. The highest BCUT2D eigenvalue weighted by Gasteiger charge is 2.24. The second kappa shape index (κ2) is 5.09. The summed E-state index contributed by atoms with van der Waals surface area (Å²) < 4.78 is 5.22. The minimum absolute atomic E-state index is 0.112. The molecule has 0 fully saturated rings. The average molecular weight is 283 g/mol. The van der Waals surface area contributed by atoms with E-state index in [9.17, 15) is 4.79 Å². The lowest BCUT2D eigenvalue weighted by atomic mass is 10.1. The summed E-state index contributed by atoms with van der Waals surface area (Å²) in [5, 5.41) is 2.85. The Bertz CT molecular complexity index is 729. The van der Waals surface area contributed by atoms with Crippen LogP contribution < -0.4 is 10.1 Å². The number of rotatable bonds is 3. The molecule has 1 aliphatic heterocycles. The van der Waals surface area contributed by atoms with Crippen molar-refractivity contribution in [2.75, 3.05) is 12.4 Å². The summed E-state index contributed by atoms with van der Waals surface area (Å²) in [5.41, 5.74) is 3.08. The molecule has 2 N–H and O–H groups in total. The fourth-order valence-corrected chi connectivity index (χ4v) is 2.31. The molecule has 21 heavy (non-hydrogen) atoms. The standard InChI is InChI=1S/C16H17N3O2/c1-9(2)15-17-8-10(18-15)6-13-12-7-11(21-3)4-5-14(12)19-16(13)20/h4-9H,1-3H3,(H,17,18)(H,19,20)/b13-6-. The molecular formula is C16H17N3O2. The van der Waals surface area contributed by atoms with Crippen molar-refractivity contribution in [1.82, 2.24) is 9.97 Å². The van der Waals surface area contributed by atoms with Gasteiger partial charge in [0.1, 0.15) is 11.6 Å². The number of methoxy groups -OCH3 is 1. The Kier molecular flexibility index (Phi) is 3.25. The molecule has 0 saturated carbocycles. The van der Waals surface area contributed by atoms with Crippen LogP contribution in [-0.4, -0.2) is 23.0 Å². The summed E-state index contributed by atoms with van der Waals surface area (Å²) in [5.74, 6) is 1.84. The zero-order chi connectivity index (χ0) is 15.0. The number of aromatic nitrogens is 2. The number of nitrogens with one attached hydrogen (secondary N) is 2. The van der Waals surface area contributed by atoms with E-state index < -0.39 is 0 Å². The van der Waals surface area contributed by atoms with Crippen LogP contribution in [0, 0.1) is 0 Å². The van der Waals surface area contributed by atoms with Gasteiger partial charge in [-0.25, -0.2) is 4.98 Å². The van der Waals surface area contributed by atoms with Gasteiger partial charge in [-0.1, -0.05) is 13.8 Å². The van der Waals surface area contributed by atoms with Gasteiger partial charge in [0.15, 0.2) is 0 Å². The van der Waals surface area contributed by atoms with Gasteiger partial charge in [0.2, 0.25) is 0 Å². The zero-order valence-electron chi connectivity index (χ0n) is 12.2. The molecule has 3 rings (SSSR count). The Balaban J connectivity index is 2.02. The maximum Gasteiger partial charge on any atom is 0.256 e. The number of imidazole rings is 1. The molecule has 5 heteroatoms. The van der Waals surface area contributed by atoms with E-state index >= 15 is 0 Å². The minimum Gasteiger partial charge on any atom is -0.497 e. The Hall–Kier alpha value is -2.56. The summed E-state index contributed by atoms with van der Waals surface area (Å²) >= 11 is 0. The monoisotopic (exact) mass is 283 g/mol. The summed E-state index contributed by atoms with van der Waals surface area (Å²) in [6.45, 7) is 4.14. The van der Waals surface area contributed by atoms with Gasteiger partial charge in [-0.3, -0.25) is 4.79 Å². The molecule has 1 aliphatic rings. The van der Waals surface area contributed by atoms with E-state index in [4.69, 9.17) is 4.74 Å². The molecule has 108 valence electrons.